The van der Waals surface area contributed by atoms with Crippen LogP contribution in [0.2, 0.25) is 0 Å². The smallest absolute Gasteiger partial charge is 0.220 e. The SMILES string of the molecule is CCCCCCCCCC/C=C\CCCCCCCCCCCCCC(=O)NC(COC1OC(CO)C(OC2OC(CO)C(OC3OC(CO)C(O)C(O)C3O)C(O)C2O)C(O)C1O)C(O)/C=C/CCCCCCCCCCCCCCCCCCCCCC. The molecule has 0 aromatic rings. The highest BCUT2D eigenvalue weighted by Crippen LogP contribution is 2.33. The van der Waals surface area contributed by atoms with E-state index in [-0.39, 0.29) is 18.9 Å². The Hall–Kier alpha value is -1.73. The van der Waals surface area contributed by atoms with Gasteiger partial charge in [-0.15, -0.1) is 0 Å². The first-order chi connectivity index (χ1) is 43.8. The van der Waals surface area contributed by atoms with Gasteiger partial charge in [-0.2, -0.15) is 0 Å². The Labute approximate surface area is 543 Å². The molecule has 3 saturated heterocycles. The molecule has 0 aliphatic carbocycles. The van der Waals surface area contributed by atoms with Gasteiger partial charge >= 0.3 is 0 Å². The minimum atomic E-state index is -1.98. The molecule has 0 bridgehead atoms. The summed E-state index contributed by atoms with van der Waals surface area (Å²) in [6.45, 7) is 1.77. The van der Waals surface area contributed by atoms with E-state index in [4.69, 9.17) is 28.4 Å². The number of aliphatic hydroxyl groups excluding tert-OH is 11. The van der Waals surface area contributed by atoms with Gasteiger partial charge in [0.2, 0.25) is 5.91 Å². The van der Waals surface area contributed by atoms with Gasteiger partial charge in [-0.05, 0) is 44.9 Å². The predicted octanol–water partition coefficient (Wildman–Crippen LogP) is 10.2. The van der Waals surface area contributed by atoms with Crippen molar-refractivity contribution in [2.24, 2.45) is 0 Å². The molecule has 3 aliphatic heterocycles. The normalized spacial score (nSPS) is 28.1. The molecule has 0 spiro atoms. The molecule has 3 rings (SSSR count). The first kappa shape index (κ1) is 82.5. The highest BCUT2D eigenvalue weighted by molar-refractivity contribution is 5.76. The number of nitrogens with one attached hydrogen (secondary N) is 1. The second-order valence-corrected chi connectivity index (χ2v) is 26.4. The zero-order valence-corrected chi connectivity index (χ0v) is 56.1. The largest absolute Gasteiger partial charge is 0.394 e. The second kappa shape index (κ2) is 53.4. The average molecular weight is 1290 g/mol. The lowest BCUT2D eigenvalue weighted by molar-refractivity contribution is -0.379. The summed E-state index contributed by atoms with van der Waals surface area (Å²) in [5.41, 5.74) is 0. The van der Waals surface area contributed by atoms with Crippen LogP contribution in [0.15, 0.2) is 24.3 Å². The van der Waals surface area contributed by atoms with E-state index in [1.807, 2.05) is 6.08 Å². The Kier molecular flexibility index (Phi) is 49.0. The maximum Gasteiger partial charge on any atom is 0.220 e. The van der Waals surface area contributed by atoms with Gasteiger partial charge in [-0.3, -0.25) is 4.79 Å². The second-order valence-electron chi connectivity index (χ2n) is 26.4. The molecule has 0 radical (unpaired) electrons. The molecule has 17 atom stereocenters. The molecular weight excluding hydrogens is 1150 g/mol. The van der Waals surface area contributed by atoms with Crippen LogP contribution in [0.25, 0.3) is 0 Å². The van der Waals surface area contributed by atoms with Crippen LogP contribution >= 0.6 is 0 Å². The third kappa shape index (κ3) is 34.8. The number of rotatable bonds is 57. The standard InChI is InChI=1S/C71H133NO18/c1-3-5-7-9-11-13-15-17-19-21-23-25-27-29-31-33-35-37-39-41-43-45-47-49-59(77)72-54(55(76)48-46-44-42-40-38-36-34-32-30-28-26-24-22-20-18-16-14-12-10-8-6-4-2)53-85-69-65(83)62(80)67(57(51-74)87-69)90-71-66(84)63(81)68(58(52-75)88-71)89-70-64(82)61(79)60(78)56(50-73)86-70/h21,23,46,48,54-58,60-71,73-76,78-84H,3-20,22,24-45,47,49-53H2,1-2H3,(H,72,77)/b23-21-,48-46+. The maximum atomic E-state index is 13.4. The van der Waals surface area contributed by atoms with E-state index in [9.17, 15) is 61.0 Å². The van der Waals surface area contributed by atoms with Crippen molar-refractivity contribution in [2.45, 2.75) is 394 Å². The summed E-state index contributed by atoms with van der Waals surface area (Å²) in [6, 6.07) is -0.972. The molecule has 0 saturated carbocycles. The summed E-state index contributed by atoms with van der Waals surface area (Å²) in [5.74, 6) is -0.272. The quantitative estimate of drug-likeness (QED) is 0.0199. The molecule has 0 aromatic carbocycles. The van der Waals surface area contributed by atoms with Gasteiger partial charge in [-0.1, -0.05) is 263 Å². The van der Waals surface area contributed by atoms with Gasteiger partial charge in [0, 0.05) is 6.42 Å². The van der Waals surface area contributed by atoms with E-state index >= 15 is 0 Å². The Morgan fingerprint density at radius 3 is 1.08 bits per heavy atom. The zero-order valence-electron chi connectivity index (χ0n) is 56.1. The fourth-order valence-corrected chi connectivity index (χ4v) is 12.5. The summed E-state index contributed by atoms with van der Waals surface area (Å²) in [4.78, 5) is 13.4. The number of allylic oxidation sites excluding steroid dienone is 3. The molecule has 1 amide bonds. The van der Waals surface area contributed by atoms with Crippen LogP contribution in [0.1, 0.15) is 290 Å². The van der Waals surface area contributed by atoms with Crippen molar-refractivity contribution in [3.63, 3.8) is 0 Å². The summed E-state index contributed by atoms with van der Waals surface area (Å²) in [5, 5.41) is 121. The van der Waals surface area contributed by atoms with E-state index in [0.29, 0.717) is 6.42 Å². The van der Waals surface area contributed by atoms with Crippen molar-refractivity contribution in [1.29, 1.82) is 0 Å². The zero-order chi connectivity index (χ0) is 65.4. The van der Waals surface area contributed by atoms with Gasteiger partial charge < -0.3 is 89.9 Å². The van der Waals surface area contributed by atoms with Gasteiger partial charge in [0.1, 0.15) is 73.2 Å². The number of hydrogen-bond donors (Lipinski definition) is 12. The van der Waals surface area contributed by atoms with Crippen molar-refractivity contribution in [3.8, 4) is 0 Å². The number of carbonyl (C=O) groups is 1. The number of amides is 1. The Bertz CT molecular complexity index is 1730. The van der Waals surface area contributed by atoms with Crippen molar-refractivity contribution >= 4 is 5.91 Å². The lowest BCUT2D eigenvalue weighted by Gasteiger charge is -2.48. The van der Waals surface area contributed by atoms with Crippen molar-refractivity contribution in [3.05, 3.63) is 24.3 Å². The highest BCUT2D eigenvalue weighted by atomic mass is 16.8. The Balaban J connectivity index is 1.43. The number of ether oxygens (including phenoxy) is 6. The maximum absolute atomic E-state index is 13.4. The fraction of sp³-hybridized carbons (Fsp3) is 0.930. The highest BCUT2D eigenvalue weighted by Gasteiger charge is 2.53. The summed E-state index contributed by atoms with van der Waals surface area (Å²) in [6.07, 6.45) is 34.3. The van der Waals surface area contributed by atoms with Crippen LogP contribution in [0.5, 0.6) is 0 Å². The van der Waals surface area contributed by atoms with E-state index in [1.165, 1.54) is 218 Å². The third-order valence-corrected chi connectivity index (χ3v) is 18.5. The van der Waals surface area contributed by atoms with Crippen LogP contribution in [-0.2, 0) is 33.2 Å². The van der Waals surface area contributed by atoms with E-state index in [2.05, 4.69) is 31.3 Å². The van der Waals surface area contributed by atoms with Crippen molar-refractivity contribution < 1.29 is 89.4 Å². The minimum Gasteiger partial charge on any atom is -0.394 e. The summed E-state index contributed by atoms with van der Waals surface area (Å²) in [7, 11) is 0. The summed E-state index contributed by atoms with van der Waals surface area (Å²) < 4.78 is 34.4. The molecule has 3 aliphatic rings. The van der Waals surface area contributed by atoms with Crippen LogP contribution in [0.3, 0.4) is 0 Å². The molecular formula is C71H133NO18. The number of hydrogen-bond acceptors (Lipinski definition) is 18. The van der Waals surface area contributed by atoms with Gasteiger partial charge in [-0.25, -0.2) is 0 Å². The molecule has 17 unspecified atom stereocenters. The van der Waals surface area contributed by atoms with Gasteiger partial charge in [0.25, 0.3) is 0 Å². The van der Waals surface area contributed by atoms with E-state index < -0.39 is 124 Å². The third-order valence-electron chi connectivity index (χ3n) is 18.5. The van der Waals surface area contributed by atoms with Crippen LogP contribution in [0.4, 0.5) is 0 Å². The average Bonchev–Trinajstić information content (AvgIpc) is 0.865. The molecule has 19 nitrogen and oxygen atoms in total. The van der Waals surface area contributed by atoms with Gasteiger partial charge in [0.05, 0.1) is 38.6 Å². The molecule has 19 heteroatoms. The van der Waals surface area contributed by atoms with Crippen LogP contribution in [0, 0.1) is 0 Å². The first-order valence-electron chi connectivity index (χ1n) is 36.6. The van der Waals surface area contributed by atoms with E-state index in [0.717, 1.165) is 44.9 Å². The first-order valence-corrected chi connectivity index (χ1v) is 36.6. The molecule has 530 valence electrons. The molecule has 3 heterocycles. The molecule has 12 N–H and O–H groups in total. The number of unbranched alkanes of at least 4 members (excludes halogenated alkanes) is 39. The molecule has 0 aromatic heterocycles. The Morgan fingerprint density at radius 2 is 0.700 bits per heavy atom. The summed E-state index contributed by atoms with van der Waals surface area (Å²) >= 11 is 0. The monoisotopic (exact) mass is 1290 g/mol. The number of aliphatic hydroxyl groups is 11. The van der Waals surface area contributed by atoms with Crippen molar-refractivity contribution in [2.75, 3.05) is 26.4 Å². The van der Waals surface area contributed by atoms with Crippen LogP contribution in [-0.4, -0.2) is 193 Å². The number of carbonyl (C=O) groups excluding carboxylic acids is 1. The van der Waals surface area contributed by atoms with Crippen molar-refractivity contribution in [1.82, 2.24) is 5.32 Å². The minimum absolute atomic E-state index is 0.245. The Morgan fingerprint density at radius 1 is 0.389 bits per heavy atom. The van der Waals surface area contributed by atoms with Gasteiger partial charge in [0.15, 0.2) is 18.9 Å². The lowest BCUT2D eigenvalue weighted by atomic mass is 9.96. The van der Waals surface area contributed by atoms with E-state index in [1.54, 1.807) is 6.08 Å². The fourth-order valence-electron chi connectivity index (χ4n) is 12.5. The molecule has 90 heavy (non-hydrogen) atoms. The predicted molar refractivity (Wildman–Crippen MR) is 351 cm³/mol. The molecule has 3 fully saturated rings. The van der Waals surface area contributed by atoms with Crippen LogP contribution < -0.4 is 5.32 Å². The lowest BCUT2D eigenvalue weighted by Crippen LogP contribution is -2.66. The topological polar surface area (TPSA) is 307 Å².